The van der Waals surface area contributed by atoms with Gasteiger partial charge in [0.05, 0.1) is 24.9 Å². The molecular formula is C20H26N4O4. The predicted octanol–water partition coefficient (Wildman–Crippen LogP) is 2.24. The number of fused-ring (bicyclic) bond motifs is 1. The number of pyridine rings is 1. The van der Waals surface area contributed by atoms with Gasteiger partial charge in [0.1, 0.15) is 5.52 Å². The van der Waals surface area contributed by atoms with E-state index in [2.05, 4.69) is 19.9 Å². The number of carbonyl (C=O) groups is 2. The van der Waals surface area contributed by atoms with Gasteiger partial charge in [-0.1, -0.05) is 0 Å². The summed E-state index contributed by atoms with van der Waals surface area (Å²) in [5, 5.41) is 3.07. The summed E-state index contributed by atoms with van der Waals surface area (Å²) in [6.45, 7) is 1.51. The van der Waals surface area contributed by atoms with Crippen molar-refractivity contribution >= 4 is 23.0 Å². The number of esters is 1. The van der Waals surface area contributed by atoms with Crippen LogP contribution in [0.1, 0.15) is 54.9 Å². The van der Waals surface area contributed by atoms with E-state index in [0.29, 0.717) is 11.6 Å². The monoisotopic (exact) mass is 386 g/mol. The van der Waals surface area contributed by atoms with E-state index in [-0.39, 0.29) is 23.8 Å². The molecule has 1 N–H and O–H groups in total. The quantitative estimate of drug-likeness (QED) is 0.810. The highest BCUT2D eigenvalue weighted by Crippen LogP contribution is 2.26. The molecule has 0 atom stereocenters. The lowest BCUT2D eigenvalue weighted by molar-refractivity contribution is -0.146. The summed E-state index contributed by atoms with van der Waals surface area (Å²) in [7, 11) is 1.42. The van der Waals surface area contributed by atoms with Gasteiger partial charge in [0.2, 0.25) is 0 Å². The van der Waals surface area contributed by atoms with Crippen molar-refractivity contribution in [1.82, 2.24) is 19.9 Å². The molecule has 28 heavy (non-hydrogen) atoms. The Morgan fingerprint density at radius 1 is 1.14 bits per heavy atom. The lowest BCUT2D eigenvalue weighted by atomic mass is 9.86. The lowest BCUT2D eigenvalue weighted by Crippen LogP contribution is -2.38. The predicted molar refractivity (Wildman–Crippen MR) is 102 cm³/mol. The molecule has 2 fully saturated rings. The molecule has 3 heterocycles. The first kappa shape index (κ1) is 18.9. The number of nitrogens with one attached hydrogen (secondary N) is 1. The van der Waals surface area contributed by atoms with Crippen LogP contribution in [0.4, 0.5) is 0 Å². The lowest BCUT2D eigenvalue weighted by Gasteiger charge is -2.27. The summed E-state index contributed by atoms with van der Waals surface area (Å²) in [5.74, 6) is -0.346. The number of hydrogen-bond acceptors (Lipinski definition) is 6. The maximum atomic E-state index is 12.6. The summed E-state index contributed by atoms with van der Waals surface area (Å²) >= 11 is 0. The van der Waals surface area contributed by atoms with Crippen LogP contribution < -0.4 is 5.32 Å². The fourth-order valence-electron chi connectivity index (χ4n) is 4.18. The first-order valence-corrected chi connectivity index (χ1v) is 9.94. The molecule has 0 spiro atoms. The third-order valence-electron chi connectivity index (χ3n) is 5.86. The highest BCUT2D eigenvalue weighted by atomic mass is 16.5. The van der Waals surface area contributed by atoms with E-state index in [0.717, 1.165) is 62.9 Å². The van der Waals surface area contributed by atoms with Crippen LogP contribution in [0.25, 0.3) is 11.2 Å². The molecule has 0 aromatic carbocycles. The first-order chi connectivity index (χ1) is 13.7. The second-order valence-corrected chi connectivity index (χ2v) is 7.61. The number of amides is 1. The molecule has 1 saturated heterocycles. The van der Waals surface area contributed by atoms with Crippen LogP contribution in [-0.2, 0) is 14.3 Å². The smallest absolute Gasteiger partial charge is 0.308 e. The molecule has 8 heteroatoms. The topological polar surface area (TPSA) is 95.3 Å². The highest BCUT2D eigenvalue weighted by molar-refractivity contribution is 5.96. The van der Waals surface area contributed by atoms with Crippen molar-refractivity contribution in [2.75, 3.05) is 20.3 Å². The van der Waals surface area contributed by atoms with Gasteiger partial charge in [-0.05, 0) is 44.6 Å². The van der Waals surface area contributed by atoms with Gasteiger partial charge in [0.25, 0.3) is 5.91 Å². The average molecular weight is 386 g/mol. The van der Waals surface area contributed by atoms with E-state index in [1.54, 1.807) is 12.3 Å². The van der Waals surface area contributed by atoms with Crippen molar-refractivity contribution in [1.29, 1.82) is 0 Å². The van der Waals surface area contributed by atoms with Crippen LogP contribution in [0, 0.1) is 5.92 Å². The minimum Gasteiger partial charge on any atom is -0.469 e. The van der Waals surface area contributed by atoms with Crippen molar-refractivity contribution in [2.24, 2.45) is 5.92 Å². The van der Waals surface area contributed by atoms with E-state index in [9.17, 15) is 9.59 Å². The van der Waals surface area contributed by atoms with E-state index < -0.39 is 0 Å². The van der Waals surface area contributed by atoms with Crippen LogP contribution in [0.2, 0.25) is 0 Å². The molecule has 1 aliphatic carbocycles. The number of hydrogen-bond donors (Lipinski definition) is 1. The van der Waals surface area contributed by atoms with Gasteiger partial charge in [-0.2, -0.15) is 0 Å². The van der Waals surface area contributed by atoms with Crippen LogP contribution in [0.3, 0.4) is 0 Å². The maximum Gasteiger partial charge on any atom is 0.308 e. The third-order valence-corrected chi connectivity index (χ3v) is 5.86. The van der Waals surface area contributed by atoms with Crippen molar-refractivity contribution < 1.29 is 19.1 Å². The molecule has 1 amide bonds. The average Bonchev–Trinajstić information content (AvgIpc) is 3.17. The number of ether oxygens (including phenoxy) is 2. The van der Waals surface area contributed by atoms with E-state index in [1.807, 2.05) is 6.33 Å². The fourth-order valence-corrected chi connectivity index (χ4v) is 4.18. The molecule has 1 saturated carbocycles. The molecule has 2 aromatic rings. The molecule has 1 aliphatic heterocycles. The Labute approximate surface area is 163 Å². The van der Waals surface area contributed by atoms with Crippen molar-refractivity contribution in [2.45, 2.75) is 50.6 Å². The van der Waals surface area contributed by atoms with Crippen LogP contribution in [-0.4, -0.2) is 52.8 Å². The number of nitrogens with zero attached hydrogens (tertiary/aromatic N) is 3. The fraction of sp³-hybridized carbons (Fsp3) is 0.600. The highest BCUT2D eigenvalue weighted by Gasteiger charge is 2.28. The van der Waals surface area contributed by atoms with Crippen LogP contribution in [0.15, 0.2) is 18.6 Å². The van der Waals surface area contributed by atoms with Gasteiger partial charge in [-0.15, -0.1) is 0 Å². The van der Waals surface area contributed by atoms with Gasteiger partial charge in [0, 0.05) is 31.5 Å². The second-order valence-electron chi connectivity index (χ2n) is 7.61. The van der Waals surface area contributed by atoms with Crippen molar-refractivity contribution in [3.8, 4) is 0 Å². The summed E-state index contributed by atoms with van der Waals surface area (Å²) in [5.41, 5.74) is 2.05. The third kappa shape index (κ3) is 3.87. The summed E-state index contributed by atoms with van der Waals surface area (Å²) in [6.07, 6.45) is 8.36. The summed E-state index contributed by atoms with van der Waals surface area (Å²) in [6, 6.07) is 2.22. The SMILES string of the molecule is COC(=O)C1CCC(NC(=O)c2cnc3c(c2)ncn3C2CCOCC2)CC1. The van der Waals surface area contributed by atoms with Gasteiger partial charge < -0.3 is 19.4 Å². The Bertz CT molecular complexity index is 851. The Kier molecular flexibility index (Phi) is 5.57. The second kappa shape index (κ2) is 8.26. The zero-order valence-electron chi connectivity index (χ0n) is 16.1. The Morgan fingerprint density at radius 2 is 1.89 bits per heavy atom. The Balaban J connectivity index is 1.40. The molecule has 2 aromatic heterocycles. The van der Waals surface area contributed by atoms with E-state index >= 15 is 0 Å². The summed E-state index contributed by atoms with van der Waals surface area (Å²) in [4.78, 5) is 33.2. The number of carbonyl (C=O) groups excluding carboxylic acids is 2. The molecule has 0 bridgehead atoms. The largest absolute Gasteiger partial charge is 0.469 e. The molecule has 4 rings (SSSR count). The Morgan fingerprint density at radius 3 is 2.61 bits per heavy atom. The van der Waals surface area contributed by atoms with Gasteiger partial charge in [0.15, 0.2) is 5.65 Å². The van der Waals surface area contributed by atoms with E-state index in [1.165, 1.54) is 7.11 Å². The molecular weight excluding hydrogens is 360 g/mol. The standard InChI is InChI=1S/C20H26N4O4/c1-27-20(26)13-2-4-15(5-3-13)23-19(25)14-10-17-18(21-11-14)24(12-22-17)16-6-8-28-9-7-16/h10-13,15-16H,2-9H2,1H3,(H,23,25). The molecule has 0 radical (unpaired) electrons. The number of aromatic nitrogens is 3. The molecule has 2 aliphatic rings. The summed E-state index contributed by atoms with van der Waals surface area (Å²) < 4.78 is 12.3. The van der Waals surface area contributed by atoms with Gasteiger partial charge in [-0.25, -0.2) is 9.97 Å². The Hall–Kier alpha value is -2.48. The number of rotatable bonds is 4. The van der Waals surface area contributed by atoms with Gasteiger partial charge >= 0.3 is 5.97 Å². The zero-order valence-corrected chi connectivity index (χ0v) is 16.1. The molecule has 150 valence electrons. The maximum absolute atomic E-state index is 12.6. The zero-order chi connectivity index (χ0) is 19.5. The van der Waals surface area contributed by atoms with Crippen LogP contribution >= 0.6 is 0 Å². The number of imidazole rings is 1. The normalized spacial score (nSPS) is 23.5. The van der Waals surface area contributed by atoms with Gasteiger partial charge in [-0.3, -0.25) is 9.59 Å². The first-order valence-electron chi connectivity index (χ1n) is 9.94. The van der Waals surface area contributed by atoms with Crippen LogP contribution in [0.5, 0.6) is 0 Å². The molecule has 0 unspecified atom stereocenters. The van der Waals surface area contributed by atoms with Crippen molar-refractivity contribution in [3.05, 3.63) is 24.2 Å². The molecule has 8 nitrogen and oxygen atoms in total. The minimum atomic E-state index is -0.153. The van der Waals surface area contributed by atoms with E-state index in [4.69, 9.17) is 9.47 Å². The van der Waals surface area contributed by atoms with Crippen molar-refractivity contribution in [3.63, 3.8) is 0 Å². The number of methoxy groups -OCH3 is 1. The minimum absolute atomic E-state index is 0.0506.